The molecule has 0 fully saturated rings. The molecule has 1 aromatic carbocycles. The first-order valence-corrected chi connectivity index (χ1v) is 4.30. The first-order valence-electron chi connectivity index (χ1n) is 4.30. The first kappa shape index (κ1) is 15.0. The van der Waals surface area contributed by atoms with Gasteiger partial charge in [-0.15, -0.1) is 12.4 Å². The van der Waals surface area contributed by atoms with E-state index < -0.39 is 0 Å². The van der Waals surface area contributed by atoms with Crippen LogP contribution in [0.5, 0.6) is 0 Å². The van der Waals surface area contributed by atoms with E-state index in [1.807, 2.05) is 0 Å². The van der Waals surface area contributed by atoms with Crippen molar-refractivity contribution in [2.45, 2.75) is 33.6 Å². The predicted octanol–water partition coefficient (Wildman–Crippen LogP) is 3.84. The summed E-state index contributed by atoms with van der Waals surface area (Å²) >= 11 is 0. The third-order valence-corrected chi connectivity index (χ3v) is 2.14. The van der Waals surface area contributed by atoms with E-state index in [0.717, 1.165) is 0 Å². The van der Waals surface area contributed by atoms with E-state index in [-0.39, 0.29) is 18.6 Å². The van der Waals surface area contributed by atoms with Gasteiger partial charge in [0.2, 0.25) is 0 Å². The SMILES string of the molecule is CCCc1c(C)cccc1C.Cl.N. The third-order valence-electron chi connectivity index (χ3n) is 2.14. The highest BCUT2D eigenvalue weighted by molar-refractivity contribution is 5.85. The molecule has 3 N–H and O–H groups in total. The van der Waals surface area contributed by atoms with Crippen LogP contribution in [0.4, 0.5) is 0 Å². The summed E-state index contributed by atoms with van der Waals surface area (Å²) in [4.78, 5) is 0. The van der Waals surface area contributed by atoms with Crippen molar-refractivity contribution in [3.8, 4) is 0 Å². The van der Waals surface area contributed by atoms with E-state index in [0.29, 0.717) is 0 Å². The number of rotatable bonds is 2. The van der Waals surface area contributed by atoms with Crippen LogP contribution in [0.3, 0.4) is 0 Å². The molecule has 1 nitrogen and oxygen atoms in total. The second-order valence-electron chi connectivity index (χ2n) is 3.12. The van der Waals surface area contributed by atoms with Crippen molar-refractivity contribution in [2.75, 3.05) is 0 Å². The molecular formula is C11H20ClN. The zero-order valence-corrected chi connectivity index (χ0v) is 9.58. The highest BCUT2D eigenvalue weighted by atomic mass is 35.5. The molecule has 0 spiro atoms. The van der Waals surface area contributed by atoms with Crippen molar-refractivity contribution in [1.29, 1.82) is 0 Å². The number of benzene rings is 1. The highest BCUT2D eigenvalue weighted by Crippen LogP contribution is 2.14. The minimum atomic E-state index is 0. The molecule has 13 heavy (non-hydrogen) atoms. The molecule has 0 aromatic heterocycles. The summed E-state index contributed by atoms with van der Waals surface area (Å²) < 4.78 is 0. The second-order valence-corrected chi connectivity index (χ2v) is 3.12. The van der Waals surface area contributed by atoms with Crippen LogP contribution < -0.4 is 6.15 Å². The monoisotopic (exact) mass is 201 g/mol. The molecule has 1 rings (SSSR count). The fourth-order valence-electron chi connectivity index (χ4n) is 1.49. The van der Waals surface area contributed by atoms with Crippen LogP contribution >= 0.6 is 12.4 Å². The third kappa shape index (κ3) is 3.79. The van der Waals surface area contributed by atoms with E-state index in [1.165, 1.54) is 29.5 Å². The van der Waals surface area contributed by atoms with Gasteiger partial charge in [0.25, 0.3) is 0 Å². The molecule has 0 radical (unpaired) electrons. The summed E-state index contributed by atoms with van der Waals surface area (Å²) in [6, 6.07) is 6.51. The summed E-state index contributed by atoms with van der Waals surface area (Å²) in [6.45, 7) is 6.61. The number of aryl methyl sites for hydroxylation is 2. The van der Waals surface area contributed by atoms with Crippen molar-refractivity contribution in [3.05, 3.63) is 34.9 Å². The lowest BCUT2D eigenvalue weighted by atomic mass is 9.99. The lowest BCUT2D eigenvalue weighted by Gasteiger charge is -2.06. The Hall–Kier alpha value is -0.530. The van der Waals surface area contributed by atoms with Gasteiger partial charge in [0, 0.05) is 0 Å². The van der Waals surface area contributed by atoms with Gasteiger partial charge in [0.05, 0.1) is 0 Å². The van der Waals surface area contributed by atoms with Crippen molar-refractivity contribution in [1.82, 2.24) is 6.15 Å². The van der Waals surface area contributed by atoms with E-state index in [4.69, 9.17) is 0 Å². The molecule has 0 saturated heterocycles. The highest BCUT2D eigenvalue weighted by Gasteiger charge is 1.98. The van der Waals surface area contributed by atoms with Gasteiger partial charge in [0.15, 0.2) is 0 Å². The summed E-state index contributed by atoms with van der Waals surface area (Å²) in [7, 11) is 0. The van der Waals surface area contributed by atoms with Crippen LogP contribution in [0, 0.1) is 13.8 Å². The van der Waals surface area contributed by atoms with Crippen LogP contribution in [0.25, 0.3) is 0 Å². The summed E-state index contributed by atoms with van der Waals surface area (Å²) in [5.41, 5.74) is 4.41. The quantitative estimate of drug-likeness (QED) is 0.776. The fourth-order valence-corrected chi connectivity index (χ4v) is 1.49. The van der Waals surface area contributed by atoms with Gasteiger partial charge in [-0.2, -0.15) is 0 Å². The molecule has 0 aliphatic heterocycles. The molecule has 2 heteroatoms. The molecule has 0 atom stereocenters. The molecule has 0 amide bonds. The maximum Gasteiger partial charge on any atom is -0.0276 e. The van der Waals surface area contributed by atoms with E-state index >= 15 is 0 Å². The van der Waals surface area contributed by atoms with Gasteiger partial charge < -0.3 is 6.15 Å². The lowest BCUT2D eigenvalue weighted by Crippen LogP contribution is -1.91. The summed E-state index contributed by atoms with van der Waals surface area (Å²) in [6.07, 6.45) is 2.46. The van der Waals surface area contributed by atoms with E-state index in [1.54, 1.807) is 0 Å². The fraction of sp³-hybridized carbons (Fsp3) is 0.455. The Balaban J connectivity index is 0. The topological polar surface area (TPSA) is 35.0 Å². The van der Waals surface area contributed by atoms with Crippen molar-refractivity contribution < 1.29 is 0 Å². The molecule has 1 aromatic rings. The average Bonchev–Trinajstić information content (AvgIpc) is 1.97. The molecule has 0 heterocycles. The van der Waals surface area contributed by atoms with E-state index in [2.05, 4.69) is 39.0 Å². The molecule has 0 aliphatic rings. The van der Waals surface area contributed by atoms with Crippen LogP contribution in [0.15, 0.2) is 18.2 Å². The number of hydrogen-bond acceptors (Lipinski definition) is 1. The molecule has 0 bridgehead atoms. The van der Waals surface area contributed by atoms with Crippen LogP contribution in [-0.4, -0.2) is 0 Å². The average molecular weight is 202 g/mol. The van der Waals surface area contributed by atoms with Gasteiger partial charge in [-0.1, -0.05) is 31.5 Å². The first-order chi connectivity index (χ1) is 5.25. The van der Waals surface area contributed by atoms with Crippen molar-refractivity contribution in [3.63, 3.8) is 0 Å². The minimum absolute atomic E-state index is 0. The predicted molar refractivity (Wildman–Crippen MR) is 62.2 cm³/mol. The van der Waals surface area contributed by atoms with Gasteiger partial charge >= 0.3 is 0 Å². The maximum atomic E-state index is 2.23. The Morgan fingerprint density at radius 3 is 1.92 bits per heavy atom. The molecule has 76 valence electrons. The Morgan fingerprint density at radius 2 is 1.54 bits per heavy atom. The van der Waals surface area contributed by atoms with Gasteiger partial charge in [-0.3, -0.25) is 0 Å². The molecule has 0 aliphatic carbocycles. The standard InChI is InChI=1S/C11H16.ClH.H3N/c1-4-6-11-9(2)7-5-8-10(11)3;;/h5,7-8H,4,6H2,1-3H3;1H;1H3. The van der Waals surface area contributed by atoms with Crippen LogP contribution in [0.2, 0.25) is 0 Å². The Bertz CT molecular complexity index is 226. The summed E-state index contributed by atoms with van der Waals surface area (Å²) in [5.74, 6) is 0. The zero-order chi connectivity index (χ0) is 8.27. The smallest absolute Gasteiger partial charge is 0.0276 e. The molecular weight excluding hydrogens is 182 g/mol. The van der Waals surface area contributed by atoms with Crippen LogP contribution in [0.1, 0.15) is 30.0 Å². The van der Waals surface area contributed by atoms with Gasteiger partial charge in [-0.25, -0.2) is 0 Å². The van der Waals surface area contributed by atoms with Gasteiger partial charge in [0.1, 0.15) is 0 Å². The molecule has 0 saturated carbocycles. The summed E-state index contributed by atoms with van der Waals surface area (Å²) in [5, 5.41) is 0. The lowest BCUT2D eigenvalue weighted by molar-refractivity contribution is 0.903. The Labute approximate surface area is 87.5 Å². The van der Waals surface area contributed by atoms with Crippen molar-refractivity contribution >= 4 is 12.4 Å². The number of hydrogen-bond donors (Lipinski definition) is 1. The minimum Gasteiger partial charge on any atom is -0.344 e. The maximum absolute atomic E-state index is 2.23. The van der Waals surface area contributed by atoms with E-state index in [9.17, 15) is 0 Å². The Morgan fingerprint density at radius 1 is 1.08 bits per heavy atom. The zero-order valence-electron chi connectivity index (χ0n) is 8.76. The van der Waals surface area contributed by atoms with Gasteiger partial charge in [-0.05, 0) is 37.0 Å². The Kier molecular flexibility index (Phi) is 7.98. The largest absolute Gasteiger partial charge is 0.344 e. The number of halogens is 1. The second kappa shape index (κ2) is 6.93. The normalized spacial score (nSPS) is 8.54. The van der Waals surface area contributed by atoms with Crippen molar-refractivity contribution in [2.24, 2.45) is 0 Å². The molecule has 0 unspecified atom stereocenters. The van der Waals surface area contributed by atoms with Crippen LogP contribution in [-0.2, 0) is 6.42 Å².